The summed E-state index contributed by atoms with van der Waals surface area (Å²) in [7, 11) is 0. The molecule has 38 heavy (non-hydrogen) atoms. The number of carbonyl (C=O) groups is 3. The van der Waals surface area contributed by atoms with Crippen molar-refractivity contribution >= 4 is 17.9 Å². The molecule has 208 valence electrons. The van der Waals surface area contributed by atoms with E-state index in [1.165, 1.54) is 13.8 Å². The summed E-state index contributed by atoms with van der Waals surface area (Å²) in [4.78, 5) is 35.6. The number of ether oxygens (including phenoxy) is 2. The molecule has 1 aliphatic rings. The van der Waals surface area contributed by atoms with Crippen molar-refractivity contribution in [1.29, 1.82) is 0 Å². The van der Waals surface area contributed by atoms with Crippen LogP contribution in [0.15, 0.2) is 48.5 Å². The lowest BCUT2D eigenvalue weighted by molar-refractivity contribution is -0.120. The number of aromatic hydroxyl groups is 1. The number of nitrogens with zero attached hydrogens (tertiary/aromatic N) is 1. The van der Waals surface area contributed by atoms with Gasteiger partial charge in [-0.3, -0.25) is 9.59 Å². The smallest absolute Gasteiger partial charge is 0.410 e. The zero-order valence-corrected chi connectivity index (χ0v) is 23.4. The third-order valence-corrected chi connectivity index (χ3v) is 5.71. The van der Waals surface area contributed by atoms with Crippen LogP contribution in [0.2, 0.25) is 0 Å². The third kappa shape index (κ3) is 10.7. The maximum absolute atomic E-state index is 12.1. The van der Waals surface area contributed by atoms with E-state index in [0.29, 0.717) is 13.1 Å². The van der Waals surface area contributed by atoms with Crippen molar-refractivity contribution in [2.24, 2.45) is 0 Å². The number of benzene rings is 2. The minimum absolute atomic E-state index is 0.0156. The Bertz CT molecular complexity index is 1060. The lowest BCUT2D eigenvalue weighted by atomic mass is 10.1. The summed E-state index contributed by atoms with van der Waals surface area (Å²) >= 11 is 0. The molecule has 1 saturated heterocycles. The number of phenols is 1. The number of amides is 3. The van der Waals surface area contributed by atoms with Crippen molar-refractivity contribution in [1.82, 2.24) is 15.5 Å². The highest BCUT2D eigenvalue weighted by Gasteiger charge is 2.30. The second-order valence-corrected chi connectivity index (χ2v) is 10.5. The topological polar surface area (TPSA) is 117 Å². The van der Waals surface area contributed by atoms with Crippen LogP contribution in [0.4, 0.5) is 4.79 Å². The summed E-state index contributed by atoms with van der Waals surface area (Å²) in [5, 5.41) is 14.6. The molecule has 2 aromatic carbocycles. The number of rotatable bonds is 6. The third-order valence-electron chi connectivity index (χ3n) is 5.71. The number of phenolic OH excluding ortho intramolecular Hbond substituents is 1. The van der Waals surface area contributed by atoms with Crippen molar-refractivity contribution < 1.29 is 29.0 Å². The monoisotopic (exact) mass is 527 g/mol. The first-order chi connectivity index (χ1) is 17.7. The summed E-state index contributed by atoms with van der Waals surface area (Å²) < 4.78 is 11.4. The van der Waals surface area contributed by atoms with Gasteiger partial charge in [0, 0.05) is 26.8 Å². The molecule has 1 unspecified atom stereocenters. The molecule has 0 saturated carbocycles. The van der Waals surface area contributed by atoms with Gasteiger partial charge in [-0.05, 0) is 70.0 Å². The van der Waals surface area contributed by atoms with E-state index in [2.05, 4.69) is 10.6 Å². The standard InChI is InChI=1S/C19H28N2O4.C10H13NO2/c1-13(20-14(2)22)15-6-8-16(9-7-15)24-17-10-11-21(12-17)18(23)25-19(3,4)5;1-7(11-8(2)12)9-3-5-10(13)6-4-9/h6-9,13,17H,10-12H2,1-5H3,(H,20,22);3-7,13H,1-2H3,(H,11,12)/t13-,17?;7-/m00/s1. The van der Waals surface area contributed by atoms with Crippen molar-refractivity contribution in [3.63, 3.8) is 0 Å². The van der Waals surface area contributed by atoms with Crippen LogP contribution >= 0.6 is 0 Å². The molecule has 3 amide bonds. The van der Waals surface area contributed by atoms with Crippen molar-refractivity contribution in [2.45, 2.75) is 78.7 Å². The fourth-order valence-corrected chi connectivity index (χ4v) is 3.88. The van der Waals surface area contributed by atoms with E-state index in [1.807, 2.05) is 58.9 Å². The fourth-order valence-electron chi connectivity index (χ4n) is 3.88. The van der Waals surface area contributed by atoms with E-state index in [-0.39, 0.29) is 41.8 Å². The van der Waals surface area contributed by atoms with Gasteiger partial charge < -0.3 is 30.1 Å². The molecule has 0 radical (unpaired) electrons. The Balaban J connectivity index is 0.000000328. The summed E-state index contributed by atoms with van der Waals surface area (Å²) in [5.41, 5.74) is 1.51. The van der Waals surface area contributed by atoms with Gasteiger partial charge >= 0.3 is 6.09 Å². The van der Waals surface area contributed by atoms with Crippen LogP contribution in [0.3, 0.4) is 0 Å². The van der Waals surface area contributed by atoms with E-state index in [0.717, 1.165) is 23.3 Å². The van der Waals surface area contributed by atoms with Crippen LogP contribution in [0.25, 0.3) is 0 Å². The minimum atomic E-state index is -0.490. The molecule has 0 spiro atoms. The summed E-state index contributed by atoms with van der Waals surface area (Å²) in [6.45, 7) is 13.6. The lowest BCUT2D eigenvalue weighted by Crippen LogP contribution is -2.36. The van der Waals surface area contributed by atoms with Crippen molar-refractivity contribution in [3.8, 4) is 11.5 Å². The van der Waals surface area contributed by atoms with E-state index < -0.39 is 5.60 Å². The number of likely N-dealkylation sites (tertiary alicyclic amines) is 1. The van der Waals surface area contributed by atoms with E-state index in [1.54, 1.807) is 29.2 Å². The molecule has 3 rings (SSSR count). The average molecular weight is 528 g/mol. The second kappa shape index (κ2) is 13.7. The zero-order chi connectivity index (χ0) is 28.5. The molecular formula is C29H41N3O6. The summed E-state index contributed by atoms with van der Waals surface area (Å²) in [6, 6.07) is 14.4. The average Bonchev–Trinajstić information content (AvgIpc) is 3.27. The molecule has 0 bridgehead atoms. The first kappa shape index (κ1) is 30.5. The summed E-state index contributed by atoms with van der Waals surface area (Å²) in [5.74, 6) is 0.884. The molecule has 0 aliphatic carbocycles. The SMILES string of the molecule is CC(=O)N[C@@H](C)c1ccc(O)cc1.CC(=O)N[C@@H](C)c1ccc(OC2CCN(C(=O)OC(C)(C)C)C2)cc1. The lowest BCUT2D eigenvalue weighted by Gasteiger charge is -2.24. The Morgan fingerprint density at radius 3 is 1.82 bits per heavy atom. The van der Waals surface area contributed by atoms with Crippen LogP contribution in [0.1, 0.15) is 78.1 Å². The number of carbonyl (C=O) groups excluding carboxylic acids is 3. The van der Waals surface area contributed by atoms with Gasteiger partial charge in [0.25, 0.3) is 0 Å². The predicted octanol–water partition coefficient (Wildman–Crippen LogP) is 4.86. The van der Waals surface area contributed by atoms with Gasteiger partial charge in [0.1, 0.15) is 23.2 Å². The number of hydrogen-bond acceptors (Lipinski definition) is 6. The van der Waals surface area contributed by atoms with Gasteiger partial charge in [0.05, 0.1) is 18.6 Å². The highest BCUT2D eigenvalue weighted by Crippen LogP contribution is 2.22. The van der Waals surface area contributed by atoms with Gasteiger partial charge in [-0.1, -0.05) is 24.3 Å². The Kier molecular flexibility index (Phi) is 11.0. The normalized spacial score (nSPS) is 16.4. The first-order valence-electron chi connectivity index (χ1n) is 12.8. The fraction of sp³-hybridized carbons (Fsp3) is 0.483. The largest absolute Gasteiger partial charge is 0.508 e. The number of nitrogens with one attached hydrogen (secondary N) is 2. The molecule has 3 N–H and O–H groups in total. The summed E-state index contributed by atoms with van der Waals surface area (Å²) in [6.07, 6.45) is 0.452. The van der Waals surface area contributed by atoms with Crippen molar-refractivity contribution in [2.75, 3.05) is 13.1 Å². The Morgan fingerprint density at radius 1 is 0.895 bits per heavy atom. The highest BCUT2D eigenvalue weighted by molar-refractivity contribution is 5.73. The van der Waals surface area contributed by atoms with Gasteiger partial charge in [0.15, 0.2) is 0 Å². The van der Waals surface area contributed by atoms with Crippen LogP contribution in [0, 0.1) is 0 Å². The van der Waals surface area contributed by atoms with Crippen LogP contribution in [-0.2, 0) is 14.3 Å². The maximum atomic E-state index is 12.1. The van der Waals surface area contributed by atoms with Gasteiger partial charge in [-0.25, -0.2) is 4.79 Å². The van der Waals surface area contributed by atoms with Crippen LogP contribution in [0.5, 0.6) is 11.5 Å². The van der Waals surface area contributed by atoms with E-state index in [9.17, 15) is 14.4 Å². The molecule has 9 heteroatoms. The quantitative estimate of drug-likeness (QED) is 0.494. The van der Waals surface area contributed by atoms with Crippen LogP contribution in [-0.4, -0.2) is 52.7 Å². The molecule has 1 fully saturated rings. The Hall–Kier alpha value is -3.75. The molecular weight excluding hydrogens is 486 g/mol. The molecule has 2 aromatic rings. The molecule has 1 heterocycles. The maximum Gasteiger partial charge on any atom is 0.410 e. The Morgan fingerprint density at radius 2 is 1.37 bits per heavy atom. The van der Waals surface area contributed by atoms with E-state index in [4.69, 9.17) is 14.6 Å². The number of hydrogen-bond donors (Lipinski definition) is 3. The highest BCUT2D eigenvalue weighted by atomic mass is 16.6. The van der Waals surface area contributed by atoms with Gasteiger partial charge in [-0.15, -0.1) is 0 Å². The molecule has 3 atom stereocenters. The van der Waals surface area contributed by atoms with Gasteiger partial charge in [-0.2, -0.15) is 0 Å². The molecule has 1 aliphatic heterocycles. The zero-order valence-electron chi connectivity index (χ0n) is 23.4. The molecule has 9 nitrogen and oxygen atoms in total. The molecule has 0 aromatic heterocycles. The minimum Gasteiger partial charge on any atom is -0.508 e. The predicted molar refractivity (Wildman–Crippen MR) is 146 cm³/mol. The first-order valence-corrected chi connectivity index (χ1v) is 12.8. The van der Waals surface area contributed by atoms with Crippen molar-refractivity contribution in [3.05, 3.63) is 59.7 Å². The Labute approximate surface area is 225 Å². The second-order valence-electron chi connectivity index (χ2n) is 10.5. The van der Waals surface area contributed by atoms with Crippen LogP contribution < -0.4 is 15.4 Å². The van der Waals surface area contributed by atoms with Gasteiger partial charge in [0.2, 0.25) is 11.8 Å². The van der Waals surface area contributed by atoms with E-state index >= 15 is 0 Å².